The number of rotatable bonds is 5. The number of carbonyl (C=O) groups excluding carboxylic acids is 1. The summed E-state index contributed by atoms with van der Waals surface area (Å²) in [5, 5.41) is 5.21. The van der Waals surface area contributed by atoms with Gasteiger partial charge in [0, 0.05) is 5.69 Å². The molecule has 0 aliphatic carbocycles. The summed E-state index contributed by atoms with van der Waals surface area (Å²) in [6, 6.07) is 11.3. The van der Waals surface area contributed by atoms with Gasteiger partial charge in [0.25, 0.3) is 0 Å². The number of halogens is 1. The first kappa shape index (κ1) is 15.8. The quantitative estimate of drug-likeness (QED) is 0.828. The lowest BCUT2D eigenvalue weighted by Gasteiger charge is -2.10. The Hall–Kier alpha value is -2.56. The second-order valence-corrected chi connectivity index (χ2v) is 5.06. The van der Waals surface area contributed by atoms with Gasteiger partial charge in [-0.15, -0.1) is 0 Å². The molecule has 0 heterocycles. The van der Waals surface area contributed by atoms with Crippen molar-refractivity contribution >= 4 is 11.7 Å². The molecule has 5 heteroatoms. The average Bonchev–Trinajstić information content (AvgIpc) is 2.42. The molecule has 0 spiro atoms. The maximum Gasteiger partial charge on any atom is 0.319 e. The number of benzene rings is 2. The molecule has 116 valence electrons. The SMILES string of the molecule is Cc1cc(C)cc(OCCNC(=O)Nc2cccc(F)c2)c1. The summed E-state index contributed by atoms with van der Waals surface area (Å²) >= 11 is 0. The second kappa shape index (κ2) is 7.45. The molecule has 0 radical (unpaired) electrons. The summed E-state index contributed by atoms with van der Waals surface area (Å²) in [5.41, 5.74) is 2.67. The van der Waals surface area contributed by atoms with Crippen LogP contribution in [0.15, 0.2) is 42.5 Å². The number of nitrogens with one attached hydrogen (secondary N) is 2. The van der Waals surface area contributed by atoms with Gasteiger partial charge in [-0.05, 0) is 55.3 Å². The highest BCUT2D eigenvalue weighted by Crippen LogP contribution is 2.15. The van der Waals surface area contributed by atoms with Gasteiger partial charge in [0.2, 0.25) is 0 Å². The predicted molar refractivity (Wildman–Crippen MR) is 84.8 cm³/mol. The van der Waals surface area contributed by atoms with Gasteiger partial charge >= 0.3 is 6.03 Å². The van der Waals surface area contributed by atoms with Crippen LogP contribution in [0.2, 0.25) is 0 Å². The Morgan fingerprint density at radius 1 is 1.14 bits per heavy atom. The highest BCUT2D eigenvalue weighted by atomic mass is 19.1. The lowest BCUT2D eigenvalue weighted by molar-refractivity contribution is 0.247. The van der Waals surface area contributed by atoms with Gasteiger partial charge in [-0.2, -0.15) is 0 Å². The van der Waals surface area contributed by atoms with Gasteiger partial charge in [-0.25, -0.2) is 9.18 Å². The molecule has 0 aliphatic rings. The maximum atomic E-state index is 13.0. The van der Waals surface area contributed by atoms with Crippen molar-refractivity contribution < 1.29 is 13.9 Å². The zero-order valence-corrected chi connectivity index (χ0v) is 12.7. The summed E-state index contributed by atoms with van der Waals surface area (Å²) < 4.78 is 18.6. The molecule has 0 unspecified atom stereocenters. The van der Waals surface area contributed by atoms with Crippen molar-refractivity contribution in [1.29, 1.82) is 0 Å². The largest absolute Gasteiger partial charge is 0.492 e. The summed E-state index contributed by atoms with van der Waals surface area (Å²) in [5.74, 6) is 0.390. The number of hydrogen-bond donors (Lipinski definition) is 2. The number of anilines is 1. The van der Waals surface area contributed by atoms with Crippen molar-refractivity contribution in [1.82, 2.24) is 5.32 Å². The minimum atomic E-state index is -0.394. The summed E-state index contributed by atoms with van der Waals surface area (Å²) in [4.78, 5) is 11.6. The van der Waals surface area contributed by atoms with E-state index in [1.165, 1.54) is 18.2 Å². The van der Waals surface area contributed by atoms with Crippen LogP contribution < -0.4 is 15.4 Å². The van der Waals surface area contributed by atoms with Crippen LogP contribution in [0.25, 0.3) is 0 Å². The second-order valence-electron chi connectivity index (χ2n) is 5.06. The van der Waals surface area contributed by atoms with Crippen LogP contribution in [0.3, 0.4) is 0 Å². The molecule has 2 amide bonds. The van der Waals surface area contributed by atoms with E-state index in [0.717, 1.165) is 16.9 Å². The third-order valence-corrected chi connectivity index (χ3v) is 2.93. The van der Waals surface area contributed by atoms with Crippen LogP contribution in [-0.2, 0) is 0 Å². The highest BCUT2D eigenvalue weighted by molar-refractivity contribution is 5.89. The zero-order valence-electron chi connectivity index (χ0n) is 12.7. The third kappa shape index (κ3) is 5.09. The van der Waals surface area contributed by atoms with Gasteiger partial charge in [-0.3, -0.25) is 0 Å². The lowest BCUT2D eigenvalue weighted by atomic mass is 10.1. The van der Waals surface area contributed by atoms with Crippen molar-refractivity contribution in [3.63, 3.8) is 0 Å². The molecule has 0 aliphatic heterocycles. The smallest absolute Gasteiger partial charge is 0.319 e. The molecule has 22 heavy (non-hydrogen) atoms. The standard InChI is InChI=1S/C17H19FN2O2/c1-12-8-13(2)10-16(9-12)22-7-6-19-17(21)20-15-5-3-4-14(18)11-15/h3-5,8-11H,6-7H2,1-2H3,(H2,19,20,21). The minimum Gasteiger partial charge on any atom is -0.492 e. The molecular formula is C17H19FN2O2. The molecule has 2 rings (SSSR count). The van der Waals surface area contributed by atoms with Crippen molar-refractivity contribution in [2.24, 2.45) is 0 Å². The first-order chi connectivity index (χ1) is 10.5. The predicted octanol–water partition coefficient (Wildman–Crippen LogP) is 3.64. The van der Waals surface area contributed by atoms with E-state index >= 15 is 0 Å². The maximum absolute atomic E-state index is 13.0. The normalized spacial score (nSPS) is 10.1. The monoisotopic (exact) mass is 302 g/mol. The van der Waals surface area contributed by atoms with Crippen LogP contribution in [0.1, 0.15) is 11.1 Å². The number of ether oxygens (including phenoxy) is 1. The Labute approximate surface area is 129 Å². The fourth-order valence-electron chi connectivity index (χ4n) is 2.09. The van der Waals surface area contributed by atoms with E-state index in [2.05, 4.69) is 16.7 Å². The summed E-state index contributed by atoms with van der Waals surface area (Å²) in [6.45, 7) is 4.72. The first-order valence-corrected chi connectivity index (χ1v) is 7.04. The molecule has 2 aromatic carbocycles. The molecule has 4 nitrogen and oxygen atoms in total. The zero-order chi connectivity index (χ0) is 15.9. The fraction of sp³-hybridized carbons (Fsp3) is 0.235. The molecule has 0 saturated heterocycles. The summed E-state index contributed by atoms with van der Waals surface area (Å²) in [6.07, 6.45) is 0. The van der Waals surface area contributed by atoms with Crippen LogP contribution in [0.4, 0.5) is 14.9 Å². The topological polar surface area (TPSA) is 50.4 Å². The number of carbonyl (C=O) groups is 1. The van der Waals surface area contributed by atoms with Gasteiger partial charge in [0.05, 0.1) is 6.54 Å². The Balaban J connectivity index is 1.73. The Morgan fingerprint density at radius 3 is 2.55 bits per heavy atom. The molecule has 0 atom stereocenters. The van der Waals surface area contributed by atoms with E-state index in [-0.39, 0.29) is 0 Å². The van der Waals surface area contributed by atoms with E-state index < -0.39 is 11.8 Å². The third-order valence-electron chi connectivity index (χ3n) is 2.93. The Morgan fingerprint density at radius 2 is 1.86 bits per heavy atom. The lowest BCUT2D eigenvalue weighted by Crippen LogP contribution is -2.32. The van der Waals surface area contributed by atoms with Gasteiger partial charge in [0.1, 0.15) is 18.2 Å². The van der Waals surface area contributed by atoms with Crippen molar-refractivity contribution in [2.75, 3.05) is 18.5 Å². The van der Waals surface area contributed by atoms with E-state index in [4.69, 9.17) is 4.74 Å². The fourth-order valence-corrected chi connectivity index (χ4v) is 2.09. The Kier molecular flexibility index (Phi) is 5.36. The molecule has 2 aromatic rings. The molecule has 2 N–H and O–H groups in total. The van der Waals surface area contributed by atoms with E-state index in [1.54, 1.807) is 6.07 Å². The van der Waals surface area contributed by atoms with E-state index in [1.807, 2.05) is 26.0 Å². The molecule has 0 fully saturated rings. The number of amides is 2. The van der Waals surface area contributed by atoms with E-state index in [9.17, 15) is 9.18 Å². The van der Waals surface area contributed by atoms with Crippen LogP contribution in [-0.4, -0.2) is 19.2 Å². The number of hydrogen-bond acceptors (Lipinski definition) is 2. The summed E-state index contributed by atoms with van der Waals surface area (Å²) in [7, 11) is 0. The average molecular weight is 302 g/mol. The number of urea groups is 1. The first-order valence-electron chi connectivity index (χ1n) is 7.04. The van der Waals surface area contributed by atoms with Gasteiger partial charge in [0.15, 0.2) is 0 Å². The van der Waals surface area contributed by atoms with Crippen LogP contribution >= 0.6 is 0 Å². The number of aryl methyl sites for hydroxylation is 2. The van der Waals surface area contributed by atoms with Gasteiger partial charge < -0.3 is 15.4 Å². The van der Waals surface area contributed by atoms with E-state index in [0.29, 0.717) is 18.8 Å². The molecule has 0 aromatic heterocycles. The molecular weight excluding hydrogens is 283 g/mol. The van der Waals surface area contributed by atoms with Crippen molar-refractivity contribution in [3.8, 4) is 5.75 Å². The van der Waals surface area contributed by atoms with Crippen molar-refractivity contribution in [2.45, 2.75) is 13.8 Å². The highest BCUT2D eigenvalue weighted by Gasteiger charge is 2.02. The van der Waals surface area contributed by atoms with Crippen LogP contribution in [0, 0.1) is 19.7 Å². The molecule has 0 bridgehead atoms. The molecule has 0 saturated carbocycles. The van der Waals surface area contributed by atoms with Crippen LogP contribution in [0.5, 0.6) is 5.75 Å². The van der Waals surface area contributed by atoms with Crippen molar-refractivity contribution in [3.05, 3.63) is 59.4 Å². The van der Waals surface area contributed by atoms with Gasteiger partial charge in [-0.1, -0.05) is 12.1 Å². The minimum absolute atomic E-state index is 0.355. The Bertz CT molecular complexity index is 639.